The van der Waals surface area contributed by atoms with Crippen molar-refractivity contribution in [3.8, 4) is 5.75 Å². The molecule has 0 saturated carbocycles. The van der Waals surface area contributed by atoms with Gasteiger partial charge in [0.15, 0.2) is 0 Å². The molecule has 0 spiro atoms. The zero-order valence-electron chi connectivity index (χ0n) is 47.0. The number of hydrogen-bond acceptors (Lipinski definition) is 12. The third-order valence-electron chi connectivity index (χ3n) is 15.2. The summed E-state index contributed by atoms with van der Waals surface area (Å²) in [6.45, 7) is 2.01. The summed E-state index contributed by atoms with van der Waals surface area (Å²) in [5.41, 5.74) is 7.25. The lowest BCUT2D eigenvalue weighted by atomic mass is 9.85. The number of imide groups is 2. The number of oxime groups is 1. The lowest BCUT2D eigenvalue weighted by molar-refractivity contribution is -0.135. The average molecular weight is 1170 g/mol. The summed E-state index contributed by atoms with van der Waals surface area (Å²) >= 11 is 0. The molecule has 6 atom stereocenters. The first-order valence-electron chi connectivity index (χ1n) is 27.9. The predicted octanol–water partition coefficient (Wildman–Crippen LogP) is 14.5. The largest absolute Gasteiger partial charge is 0.508 e. The predicted molar refractivity (Wildman–Crippen MR) is 319 cm³/mol. The highest BCUT2D eigenvalue weighted by Crippen LogP contribution is 2.39. The van der Waals surface area contributed by atoms with E-state index in [1.54, 1.807) is 67.7 Å². The highest BCUT2D eigenvalue weighted by molar-refractivity contribution is 6.02. The van der Waals surface area contributed by atoms with Crippen LogP contribution in [0, 0.1) is 42.0 Å². The van der Waals surface area contributed by atoms with Crippen molar-refractivity contribution in [3.63, 3.8) is 0 Å². The monoisotopic (exact) mass is 1170 g/mol. The lowest BCUT2D eigenvalue weighted by Crippen LogP contribution is -2.42. The molecule has 0 radical (unpaired) electrons. The summed E-state index contributed by atoms with van der Waals surface area (Å²) in [4.78, 5) is 62.0. The Labute approximate surface area is 495 Å². The van der Waals surface area contributed by atoms with Gasteiger partial charge in [-0.25, -0.2) is 37.0 Å². The number of carbonyl (C=O) groups excluding carboxylic acids is 4. The van der Waals surface area contributed by atoms with E-state index in [4.69, 9.17) is 9.47 Å². The van der Waals surface area contributed by atoms with Crippen LogP contribution in [-0.2, 0) is 19.1 Å². The number of halogens is 4. The van der Waals surface area contributed by atoms with Gasteiger partial charge in [0.2, 0.25) is 11.8 Å². The van der Waals surface area contributed by atoms with Crippen LogP contribution in [-0.4, -0.2) is 75.8 Å². The number of benzene rings is 8. The van der Waals surface area contributed by atoms with E-state index in [1.807, 2.05) is 67.6 Å². The van der Waals surface area contributed by atoms with E-state index in [-0.39, 0.29) is 49.2 Å². The molecule has 8 aromatic rings. The fourth-order valence-corrected chi connectivity index (χ4v) is 10.6. The van der Waals surface area contributed by atoms with Crippen LogP contribution in [0.5, 0.6) is 5.75 Å². The SMILES string of the molecule is CN=C(CCC(C(=O)N1C(=O)OC[C@@H]1c1ccccc1)C(Nc1ccc(F)cc1)c1ccc(C)cc1)c1ccc(F)cc1.O=C1OC[C@H](c2ccccc2)N1C(=O)C(CC/C(=N/O)c1ccc(F)cc1)C(Nc1ccc(F)cc1)c1ccc(O)cc1. The van der Waals surface area contributed by atoms with Crippen molar-refractivity contribution in [2.45, 2.75) is 56.8 Å². The van der Waals surface area contributed by atoms with Crippen LogP contribution in [0.4, 0.5) is 38.5 Å². The Morgan fingerprint density at radius 2 is 0.884 bits per heavy atom. The van der Waals surface area contributed by atoms with Gasteiger partial charge in [-0.15, -0.1) is 0 Å². The summed E-state index contributed by atoms with van der Waals surface area (Å²) in [6, 6.07) is 52.9. The molecule has 18 heteroatoms. The molecule has 10 rings (SSSR count). The average Bonchev–Trinajstić information content (AvgIpc) is 2.74. The fourth-order valence-electron chi connectivity index (χ4n) is 10.6. The van der Waals surface area contributed by atoms with Gasteiger partial charge in [-0.2, -0.15) is 0 Å². The fraction of sp³-hybridized carbons (Fsp3) is 0.206. The number of nitrogens with zero attached hydrogens (tertiary/aromatic N) is 4. The van der Waals surface area contributed by atoms with Crippen molar-refractivity contribution in [1.29, 1.82) is 0 Å². The topological polar surface area (TPSA) is 182 Å². The number of cyclic esters (lactones) is 2. The second-order valence-corrected chi connectivity index (χ2v) is 20.7. The van der Waals surface area contributed by atoms with Crippen LogP contribution < -0.4 is 10.6 Å². The second-order valence-electron chi connectivity index (χ2n) is 20.7. The van der Waals surface area contributed by atoms with Gasteiger partial charge in [0.05, 0.1) is 29.6 Å². The van der Waals surface area contributed by atoms with E-state index in [2.05, 4.69) is 20.8 Å². The Kier molecular flexibility index (Phi) is 20.0. The van der Waals surface area contributed by atoms with Crippen LogP contribution in [0.15, 0.2) is 216 Å². The Morgan fingerprint density at radius 3 is 1.27 bits per heavy atom. The van der Waals surface area contributed by atoms with Crippen molar-refractivity contribution >= 4 is 46.8 Å². The van der Waals surface area contributed by atoms with E-state index in [0.29, 0.717) is 41.1 Å². The molecule has 2 saturated heterocycles. The minimum atomic E-state index is -0.955. The third kappa shape index (κ3) is 15.0. The Bertz CT molecular complexity index is 3400. The molecular weight excluding hydrogens is 1100 g/mol. The molecule has 0 aromatic heterocycles. The van der Waals surface area contributed by atoms with Crippen LogP contribution in [0.1, 0.15) is 88.8 Å². The lowest BCUT2D eigenvalue weighted by Gasteiger charge is -2.32. The first-order valence-corrected chi connectivity index (χ1v) is 27.9. The molecule has 2 heterocycles. The van der Waals surface area contributed by atoms with E-state index in [1.165, 1.54) is 89.8 Å². The van der Waals surface area contributed by atoms with Gasteiger partial charge in [-0.05, 0) is 151 Å². The molecule has 0 aliphatic carbocycles. The van der Waals surface area contributed by atoms with Crippen molar-refractivity contribution in [1.82, 2.24) is 9.80 Å². The number of amides is 4. The molecule has 86 heavy (non-hydrogen) atoms. The molecule has 4 unspecified atom stereocenters. The zero-order valence-corrected chi connectivity index (χ0v) is 47.0. The molecule has 2 aliphatic heterocycles. The van der Waals surface area contributed by atoms with E-state index < -0.39 is 71.6 Å². The Hall–Kier alpha value is -10.1. The molecule has 8 aromatic carbocycles. The van der Waals surface area contributed by atoms with Crippen molar-refractivity contribution in [3.05, 3.63) is 268 Å². The van der Waals surface area contributed by atoms with E-state index >= 15 is 0 Å². The van der Waals surface area contributed by atoms with Gasteiger partial charge in [-0.1, -0.05) is 132 Å². The molecule has 4 amide bonds. The van der Waals surface area contributed by atoms with Gasteiger partial charge in [0, 0.05) is 24.1 Å². The van der Waals surface area contributed by atoms with Gasteiger partial charge >= 0.3 is 12.2 Å². The first kappa shape index (κ1) is 60.5. The highest BCUT2D eigenvalue weighted by atomic mass is 19.1. The summed E-state index contributed by atoms with van der Waals surface area (Å²) in [7, 11) is 1.66. The maximum atomic E-state index is 14.6. The summed E-state index contributed by atoms with van der Waals surface area (Å²) in [6.07, 6.45) is -0.635. The second kappa shape index (κ2) is 28.5. The van der Waals surface area contributed by atoms with Crippen LogP contribution in [0.2, 0.25) is 0 Å². The number of hydrogen-bond donors (Lipinski definition) is 4. The summed E-state index contributed by atoms with van der Waals surface area (Å²) < 4.78 is 65.5. The maximum absolute atomic E-state index is 14.6. The number of carbonyl (C=O) groups is 4. The van der Waals surface area contributed by atoms with E-state index in [0.717, 1.165) is 32.7 Å². The molecular formula is C68H62F4N6O8. The van der Waals surface area contributed by atoms with Crippen molar-refractivity contribution < 1.29 is 56.5 Å². The highest BCUT2D eigenvalue weighted by Gasteiger charge is 2.46. The number of aliphatic imine (C=N–C) groups is 1. The van der Waals surface area contributed by atoms with Crippen molar-refractivity contribution in [2.24, 2.45) is 22.0 Å². The number of aromatic hydroxyl groups is 1. The number of phenols is 1. The number of rotatable bonds is 20. The Morgan fingerprint density at radius 1 is 0.523 bits per heavy atom. The summed E-state index contributed by atoms with van der Waals surface area (Å²) in [5.74, 6) is -4.26. The van der Waals surface area contributed by atoms with Crippen LogP contribution >= 0.6 is 0 Å². The van der Waals surface area contributed by atoms with Gasteiger partial charge in [0.1, 0.15) is 54.3 Å². The van der Waals surface area contributed by atoms with Gasteiger partial charge in [-0.3, -0.25) is 14.6 Å². The Balaban J connectivity index is 0.000000205. The number of aryl methyl sites for hydroxylation is 1. The molecule has 0 bridgehead atoms. The van der Waals surface area contributed by atoms with Crippen LogP contribution in [0.25, 0.3) is 0 Å². The van der Waals surface area contributed by atoms with Gasteiger partial charge in [0.25, 0.3) is 0 Å². The minimum absolute atomic E-state index is 0.0184. The minimum Gasteiger partial charge on any atom is -0.508 e. The maximum Gasteiger partial charge on any atom is 0.417 e. The molecule has 2 fully saturated rings. The van der Waals surface area contributed by atoms with Gasteiger partial charge < -0.3 is 30.4 Å². The van der Waals surface area contributed by atoms with Crippen molar-refractivity contribution in [2.75, 3.05) is 30.9 Å². The molecule has 4 N–H and O–H groups in total. The smallest absolute Gasteiger partial charge is 0.417 e. The standard InChI is InChI=1S/C35H33F2N3O3.C33H29F2N3O5/c1-23-8-10-26(11-9-23)33(39-29-18-16-28(37)17-19-29)30(20-21-31(38-2)24-12-14-27(36)15-13-24)34(41)40-32(22-43-35(40)42)25-6-4-3-5-7-25;34-24-10-6-21(7-11-24)29(37-42)19-18-28(32(40)38-30(20-43-33(38)41)22-4-2-1-3-5-22)31(23-8-16-27(39)17-9-23)36-26-14-12-25(35)13-15-26/h3-19,30,32-33,39H,20-22H2,1-2H3;1-17,28,30-31,36,39,42H,18-20H2/b;37-29-/t30?,32-,33?;28?,30-,31?/m11/s1. The zero-order chi connectivity index (χ0) is 60.7. The van der Waals surface area contributed by atoms with Crippen LogP contribution in [0.3, 0.4) is 0 Å². The quantitative estimate of drug-likeness (QED) is 0.0248. The molecule has 2 aliphatic rings. The number of nitrogens with one attached hydrogen (secondary N) is 2. The van der Waals surface area contributed by atoms with E-state index in [9.17, 15) is 47.1 Å². The number of phenolic OH excluding ortho intramolecular Hbond substituents is 1. The number of anilines is 2. The molecule has 14 nitrogen and oxygen atoms in total. The molecule has 440 valence electrons. The first-order chi connectivity index (χ1) is 41.7. The third-order valence-corrected chi connectivity index (χ3v) is 15.2. The normalized spacial score (nSPS) is 16.4. The summed E-state index contributed by atoms with van der Waals surface area (Å²) in [5, 5.41) is 30.0. The number of ether oxygens (including phenoxy) is 2.